The Hall–Kier alpha value is -0.570. The number of hydrogen-bond donors (Lipinski definition) is 1. The van der Waals surface area contributed by atoms with Gasteiger partial charge >= 0.3 is 0 Å². The molecule has 0 heterocycles. The van der Waals surface area contributed by atoms with Crippen LogP contribution in [-0.2, 0) is 9.53 Å². The zero-order valence-electron chi connectivity index (χ0n) is 15.2. The molecule has 130 valence electrons. The first-order chi connectivity index (χ1) is 10.6. The van der Waals surface area contributed by atoms with E-state index in [0.717, 1.165) is 51.9 Å². The Labute approximate surface area is 137 Å². The summed E-state index contributed by atoms with van der Waals surface area (Å²) in [7, 11) is 0. The van der Waals surface area contributed by atoms with Crippen molar-refractivity contribution in [3.63, 3.8) is 0 Å². The van der Waals surface area contributed by atoms with Gasteiger partial charge in [0.2, 0.25) is 5.91 Å². The van der Waals surface area contributed by atoms with Crippen LogP contribution >= 0.6 is 0 Å². The van der Waals surface area contributed by atoms with E-state index in [1.807, 2.05) is 0 Å². The third-order valence-electron chi connectivity index (χ3n) is 4.97. The summed E-state index contributed by atoms with van der Waals surface area (Å²) in [6.07, 6.45) is 7.96. The van der Waals surface area contributed by atoms with Gasteiger partial charge in [0.05, 0.1) is 0 Å². The second-order valence-corrected chi connectivity index (χ2v) is 7.40. The van der Waals surface area contributed by atoms with E-state index in [1.54, 1.807) is 0 Å². The Kier molecular flexibility index (Phi) is 9.77. The van der Waals surface area contributed by atoms with Crippen molar-refractivity contribution >= 4 is 5.91 Å². The van der Waals surface area contributed by atoms with Gasteiger partial charge in [0.25, 0.3) is 0 Å². The normalized spacial score (nSPS) is 25.4. The number of carbonyl (C=O) groups excluding carboxylic acids is 1. The number of amides is 1. The highest BCUT2D eigenvalue weighted by molar-refractivity contribution is 5.79. The fraction of sp³-hybridized carbons (Fsp3) is 0.947. The summed E-state index contributed by atoms with van der Waals surface area (Å²) in [4.78, 5) is 12.5. The molecule has 0 saturated heterocycles. The molecule has 1 rings (SSSR count). The minimum Gasteiger partial charge on any atom is -0.381 e. The predicted molar refractivity (Wildman–Crippen MR) is 92.8 cm³/mol. The summed E-state index contributed by atoms with van der Waals surface area (Å²) in [6.45, 7) is 11.5. The first-order valence-electron chi connectivity index (χ1n) is 9.41. The molecule has 1 aliphatic rings. The molecular formula is C19H37NO2. The first-order valence-corrected chi connectivity index (χ1v) is 9.41. The first kappa shape index (κ1) is 19.5. The number of nitrogens with one attached hydrogen (secondary N) is 1. The summed E-state index contributed by atoms with van der Waals surface area (Å²) in [5, 5.41) is 3.18. The molecule has 3 nitrogen and oxygen atoms in total. The van der Waals surface area contributed by atoms with Gasteiger partial charge < -0.3 is 10.1 Å². The van der Waals surface area contributed by atoms with Gasteiger partial charge in [-0.2, -0.15) is 0 Å². The Bertz CT molecular complexity index is 304. The monoisotopic (exact) mass is 311 g/mol. The Morgan fingerprint density at radius 2 is 1.95 bits per heavy atom. The van der Waals surface area contributed by atoms with Crippen molar-refractivity contribution < 1.29 is 9.53 Å². The van der Waals surface area contributed by atoms with E-state index in [1.165, 1.54) is 12.8 Å². The lowest BCUT2D eigenvalue weighted by Gasteiger charge is -2.36. The average molecular weight is 312 g/mol. The molecule has 1 aliphatic carbocycles. The SMILES string of the molecule is CCCOCCCCCNC(=O)C1CC(C)CCC1C(C)C. The van der Waals surface area contributed by atoms with Crippen molar-refractivity contribution in [2.24, 2.45) is 23.7 Å². The van der Waals surface area contributed by atoms with Crippen LogP contribution in [0, 0.1) is 23.7 Å². The maximum absolute atomic E-state index is 12.5. The molecule has 1 fully saturated rings. The van der Waals surface area contributed by atoms with Gasteiger partial charge in [-0.05, 0) is 56.3 Å². The van der Waals surface area contributed by atoms with E-state index >= 15 is 0 Å². The van der Waals surface area contributed by atoms with Crippen molar-refractivity contribution in [2.75, 3.05) is 19.8 Å². The molecule has 1 N–H and O–H groups in total. The molecule has 3 unspecified atom stereocenters. The number of rotatable bonds is 10. The molecule has 0 aliphatic heterocycles. The molecule has 3 atom stereocenters. The lowest BCUT2D eigenvalue weighted by atomic mass is 9.70. The molecule has 0 aromatic rings. The molecule has 0 aromatic heterocycles. The van der Waals surface area contributed by atoms with E-state index in [4.69, 9.17) is 4.74 Å². The standard InChI is InChI=1S/C19H37NO2/c1-5-12-22-13-8-6-7-11-20-19(21)18-14-16(4)9-10-17(18)15(2)3/h15-18H,5-14H2,1-4H3,(H,20,21). The highest BCUT2D eigenvalue weighted by Gasteiger charge is 2.34. The second kappa shape index (κ2) is 11.0. The molecule has 0 bridgehead atoms. The highest BCUT2D eigenvalue weighted by atomic mass is 16.5. The van der Waals surface area contributed by atoms with Gasteiger partial charge in [0.1, 0.15) is 0 Å². The van der Waals surface area contributed by atoms with Crippen molar-refractivity contribution in [1.29, 1.82) is 0 Å². The zero-order valence-corrected chi connectivity index (χ0v) is 15.2. The van der Waals surface area contributed by atoms with E-state index < -0.39 is 0 Å². The lowest BCUT2D eigenvalue weighted by molar-refractivity contribution is -0.129. The van der Waals surface area contributed by atoms with Crippen molar-refractivity contribution in [2.45, 2.75) is 72.6 Å². The quantitative estimate of drug-likeness (QED) is 0.607. The number of carbonyl (C=O) groups is 1. The van der Waals surface area contributed by atoms with Crippen molar-refractivity contribution in [3.05, 3.63) is 0 Å². The third kappa shape index (κ3) is 7.13. The number of hydrogen-bond acceptors (Lipinski definition) is 2. The van der Waals surface area contributed by atoms with E-state index in [0.29, 0.717) is 23.7 Å². The molecule has 0 radical (unpaired) electrons. The fourth-order valence-electron chi connectivity index (χ4n) is 3.60. The van der Waals surface area contributed by atoms with Crippen molar-refractivity contribution in [1.82, 2.24) is 5.32 Å². The van der Waals surface area contributed by atoms with Crippen LogP contribution in [0.4, 0.5) is 0 Å². The summed E-state index contributed by atoms with van der Waals surface area (Å²) in [6, 6.07) is 0. The van der Waals surface area contributed by atoms with Gasteiger partial charge in [-0.25, -0.2) is 0 Å². The van der Waals surface area contributed by atoms with E-state index in [-0.39, 0.29) is 5.92 Å². The molecule has 0 aromatic carbocycles. The average Bonchev–Trinajstić information content (AvgIpc) is 2.49. The Balaban J connectivity index is 2.19. The molecule has 22 heavy (non-hydrogen) atoms. The van der Waals surface area contributed by atoms with Gasteiger partial charge in [0, 0.05) is 25.7 Å². The molecular weight excluding hydrogens is 274 g/mol. The van der Waals surface area contributed by atoms with Crippen LogP contribution in [0.2, 0.25) is 0 Å². The van der Waals surface area contributed by atoms with Gasteiger partial charge in [-0.15, -0.1) is 0 Å². The van der Waals surface area contributed by atoms with Gasteiger partial charge in [-0.1, -0.05) is 34.1 Å². The molecule has 1 saturated carbocycles. The Morgan fingerprint density at radius 1 is 1.18 bits per heavy atom. The minimum atomic E-state index is 0.233. The van der Waals surface area contributed by atoms with Crippen LogP contribution in [0.25, 0.3) is 0 Å². The topological polar surface area (TPSA) is 38.3 Å². The highest BCUT2D eigenvalue weighted by Crippen LogP contribution is 2.38. The third-order valence-corrected chi connectivity index (χ3v) is 4.97. The minimum absolute atomic E-state index is 0.233. The van der Waals surface area contributed by atoms with Crippen LogP contribution in [0.3, 0.4) is 0 Å². The lowest BCUT2D eigenvalue weighted by Crippen LogP contribution is -2.40. The van der Waals surface area contributed by atoms with Gasteiger partial charge in [0.15, 0.2) is 0 Å². The summed E-state index contributed by atoms with van der Waals surface area (Å²) >= 11 is 0. The van der Waals surface area contributed by atoms with Crippen molar-refractivity contribution in [3.8, 4) is 0 Å². The van der Waals surface area contributed by atoms with Crippen LogP contribution < -0.4 is 5.32 Å². The van der Waals surface area contributed by atoms with E-state index in [2.05, 4.69) is 33.0 Å². The maximum Gasteiger partial charge on any atom is 0.223 e. The Morgan fingerprint density at radius 3 is 2.64 bits per heavy atom. The number of unbranched alkanes of at least 4 members (excludes halogenated alkanes) is 2. The van der Waals surface area contributed by atoms with Crippen LogP contribution in [0.1, 0.15) is 72.6 Å². The smallest absolute Gasteiger partial charge is 0.223 e. The summed E-state index contributed by atoms with van der Waals surface area (Å²) in [5.41, 5.74) is 0. The maximum atomic E-state index is 12.5. The summed E-state index contributed by atoms with van der Waals surface area (Å²) in [5.74, 6) is 2.41. The van der Waals surface area contributed by atoms with Crippen LogP contribution in [0.15, 0.2) is 0 Å². The predicted octanol–water partition coefficient (Wildman–Crippen LogP) is 4.41. The summed E-state index contributed by atoms with van der Waals surface area (Å²) < 4.78 is 5.47. The number of ether oxygens (including phenoxy) is 1. The molecule has 1 amide bonds. The molecule has 3 heteroatoms. The van der Waals surface area contributed by atoms with Crippen LogP contribution in [-0.4, -0.2) is 25.7 Å². The zero-order chi connectivity index (χ0) is 16.4. The van der Waals surface area contributed by atoms with Crippen LogP contribution in [0.5, 0.6) is 0 Å². The fourth-order valence-corrected chi connectivity index (χ4v) is 3.60. The molecule has 0 spiro atoms. The van der Waals surface area contributed by atoms with E-state index in [9.17, 15) is 4.79 Å². The second-order valence-electron chi connectivity index (χ2n) is 7.40. The largest absolute Gasteiger partial charge is 0.381 e. The van der Waals surface area contributed by atoms with Gasteiger partial charge in [-0.3, -0.25) is 4.79 Å².